The summed E-state index contributed by atoms with van der Waals surface area (Å²) in [6.45, 7) is 0. The van der Waals surface area contributed by atoms with E-state index in [1.54, 1.807) is 18.4 Å². The number of para-hydroxylation sites is 1. The number of methoxy groups -OCH3 is 1. The van der Waals surface area contributed by atoms with Crippen molar-refractivity contribution in [3.05, 3.63) is 57.5 Å². The van der Waals surface area contributed by atoms with Crippen molar-refractivity contribution in [1.82, 2.24) is 4.98 Å². The first-order valence-corrected chi connectivity index (χ1v) is 8.14. The minimum atomic E-state index is -0.631. The second-order valence-electron chi connectivity index (χ2n) is 4.68. The Morgan fingerprint density at radius 2 is 2.10 bits per heavy atom. The number of halogens is 1. The third-order valence-corrected chi connectivity index (χ3v) is 4.81. The van der Waals surface area contributed by atoms with Crippen LogP contribution < -0.4 is 4.74 Å². The van der Waals surface area contributed by atoms with Crippen LogP contribution in [0.25, 0.3) is 10.2 Å². The highest BCUT2D eigenvalue weighted by atomic mass is 79.9. The number of rotatable bonds is 4. The van der Waals surface area contributed by atoms with Crippen LogP contribution in [-0.4, -0.2) is 17.2 Å². The maximum Gasteiger partial charge on any atom is 0.125 e. The Hall–Kier alpha value is -1.43. The van der Waals surface area contributed by atoms with E-state index < -0.39 is 6.10 Å². The van der Waals surface area contributed by atoms with Gasteiger partial charge in [0.15, 0.2) is 0 Å². The molecule has 0 saturated carbocycles. The van der Waals surface area contributed by atoms with Gasteiger partial charge in [-0.2, -0.15) is 0 Å². The van der Waals surface area contributed by atoms with Gasteiger partial charge >= 0.3 is 0 Å². The molecule has 0 amide bonds. The molecule has 3 nitrogen and oxygen atoms in total. The molecular weight excluding hydrogens is 350 g/mol. The SMILES string of the molecule is COc1cc(Br)ccc1C(O)Cc1nc2ccccc2s1. The van der Waals surface area contributed by atoms with E-state index in [-0.39, 0.29) is 0 Å². The Kier molecular flexibility index (Phi) is 4.24. The summed E-state index contributed by atoms with van der Waals surface area (Å²) in [4.78, 5) is 4.56. The van der Waals surface area contributed by atoms with Crippen molar-refractivity contribution in [1.29, 1.82) is 0 Å². The topological polar surface area (TPSA) is 42.4 Å². The van der Waals surface area contributed by atoms with Gasteiger partial charge in [-0.15, -0.1) is 11.3 Å². The molecule has 0 saturated heterocycles. The van der Waals surface area contributed by atoms with Crippen molar-refractivity contribution in [2.75, 3.05) is 7.11 Å². The van der Waals surface area contributed by atoms with Crippen LogP contribution in [0.15, 0.2) is 46.9 Å². The lowest BCUT2D eigenvalue weighted by atomic mass is 10.1. The van der Waals surface area contributed by atoms with E-state index in [4.69, 9.17) is 4.74 Å². The van der Waals surface area contributed by atoms with Gasteiger partial charge in [-0.1, -0.05) is 34.1 Å². The molecule has 0 aliphatic carbocycles. The zero-order chi connectivity index (χ0) is 14.8. The summed E-state index contributed by atoms with van der Waals surface area (Å²) in [5, 5.41) is 11.4. The average molecular weight is 364 g/mol. The molecule has 3 aromatic rings. The zero-order valence-electron chi connectivity index (χ0n) is 11.4. The molecule has 21 heavy (non-hydrogen) atoms. The summed E-state index contributed by atoms with van der Waals surface area (Å²) in [5.74, 6) is 0.679. The Bertz CT molecular complexity index is 739. The van der Waals surface area contributed by atoms with E-state index in [2.05, 4.69) is 20.9 Å². The van der Waals surface area contributed by atoms with Crippen LogP contribution in [-0.2, 0) is 6.42 Å². The predicted octanol–water partition coefficient (Wildman–Crippen LogP) is 4.34. The lowest BCUT2D eigenvalue weighted by Gasteiger charge is -2.14. The van der Waals surface area contributed by atoms with E-state index in [9.17, 15) is 5.11 Å². The first kappa shape index (κ1) is 14.5. The number of hydrogen-bond donors (Lipinski definition) is 1. The number of ether oxygens (including phenoxy) is 1. The highest BCUT2D eigenvalue weighted by Gasteiger charge is 2.16. The highest BCUT2D eigenvalue weighted by Crippen LogP contribution is 2.32. The summed E-state index contributed by atoms with van der Waals surface area (Å²) in [6.07, 6.45) is -0.147. The molecule has 0 aliphatic heterocycles. The molecule has 1 atom stereocenters. The summed E-state index contributed by atoms with van der Waals surface area (Å²) in [5.41, 5.74) is 1.76. The molecule has 108 valence electrons. The van der Waals surface area contributed by atoms with E-state index in [1.807, 2.05) is 42.5 Å². The molecule has 1 aromatic heterocycles. The third-order valence-electron chi connectivity index (χ3n) is 3.26. The summed E-state index contributed by atoms with van der Waals surface area (Å²) >= 11 is 5.02. The Morgan fingerprint density at radius 3 is 2.86 bits per heavy atom. The molecule has 0 bridgehead atoms. The summed E-state index contributed by atoms with van der Waals surface area (Å²) in [7, 11) is 1.61. The Labute approximate surface area is 135 Å². The molecule has 1 heterocycles. The number of thiazole rings is 1. The van der Waals surface area contributed by atoms with Gasteiger partial charge in [0.05, 0.1) is 28.4 Å². The van der Waals surface area contributed by atoms with E-state index >= 15 is 0 Å². The van der Waals surface area contributed by atoms with Gasteiger partial charge < -0.3 is 9.84 Å². The molecule has 5 heteroatoms. The fraction of sp³-hybridized carbons (Fsp3) is 0.188. The molecule has 0 aliphatic rings. The molecule has 0 radical (unpaired) electrons. The number of hydrogen-bond acceptors (Lipinski definition) is 4. The molecule has 2 aromatic carbocycles. The summed E-state index contributed by atoms with van der Waals surface area (Å²) < 4.78 is 7.40. The van der Waals surface area contributed by atoms with Crippen molar-refractivity contribution in [2.45, 2.75) is 12.5 Å². The number of fused-ring (bicyclic) bond motifs is 1. The molecule has 0 fully saturated rings. The average Bonchev–Trinajstić information content (AvgIpc) is 2.88. The van der Waals surface area contributed by atoms with Crippen molar-refractivity contribution in [3.8, 4) is 5.75 Å². The number of aromatic nitrogens is 1. The number of aliphatic hydroxyl groups is 1. The number of benzene rings is 2. The third kappa shape index (κ3) is 3.10. The van der Waals surface area contributed by atoms with Crippen LogP contribution >= 0.6 is 27.3 Å². The Balaban J connectivity index is 1.87. The van der Waals surface area contributed by atoms with Gasteiger partial charge in [-0.25, -0.2) is 4.98 Å². The fourth-order valence-corrected chi connectivity index (χ4v) is 3.59. The molecule has 0 spiro atoms. The van der Waals surface area contributed by atoms with Crippen molar-refractivity contribution in [2.24, 2.45) is 0 Å². The monoisotopic (exact) mass is 363 g/mol. The minimum absolute atomic E-state index is 0.483. The maximum absolute atomic E-state index is 10.5. The van der Waals surface area contributed by atoms with Crippen LogP contribution in [0.4, 0.5) is 0 Å². The number of nitrogens with zero attached hydrogens (tertiary/aromatic N) is 1. The minimum Gasteiger partial charge on any atom is -0.496 e. The van der Waals surface area contributed by atoms with Crippen LogP contribution in [0.5, 0.6) is 5.75 Å². The van der Waals surface area contributed by atoms with Gasteiger partial charge in [0.1, 0.15) is 5.75 Å². The van der Waals surface area contributed by atoms with Crippen LogP contribution in [0.2, 0.25) is 0 Å². The summed E-state index contributed by atoms with van der Waals surface area (Å²) in [6, 6.07) is 13.6. The number of aliphatic hydroxyl groups excluding tert-OH is 1. The van der Waals surface area contributed by atoms with Crippen LogP contribution in [0, 0.1) is 0 Å². The second kappa shape index (κ2) is 6.13. The first-order valence-electron chi connectivity index (χ1n) is 6.53. The van der Waals surface area contributed by atoms with E-state index in [0.717, 1.165) is 25.3 Å². The second-order valence-corrected chi connectivity index (χ2v) is 6.71. The van der Waals surface area contributed by atoms with Crippen LogP contribution in [0.3, 0.4) is 0 Å². The Morgan fingerprint density at radius 1 is 1.29 bits per heavy atom. The normalized spacial score (nSPS) is 12.5. The molecule has 1 N–H and O–H groups in total. The van der Waals surface area contributed by atoms with Crippen LogP contribution in [0.1, 0.15) is 16.7 Å². The van der Waals surface area contributed by atoms with Gasteiger partial charge in [-0.05, 0) is 24.3 Å². The molecular formula is C16H14BrNO2S. The van der Waals surface area contributed by atoms with Gasteiger partial charge in [-0.3, -0.25) is 0 Å². The standard InChI is InChI=1S/C16H14BrNO2S/c1-20-14-8-10(17)6-7-11(14)13(19)9-16-18-12-4-2-3-5-15(12)21-16/h2-8,13,19H,9H2,1H3. The van der Waals surface area contributed by atoms with E-state index in [0.29, 0.717) is 12.2 Å². The predicted molar refractivity (Wildman–Crippen MR) is 89.0 cm³/mol. The first-order chi connectivity index (χ1) is 10.2. The largest absolute Gasteiger partial charge is 0.496 e. The highest BCUT2D eigenvalue weighted by molar-refractivity contribution is 9.10. The maximum atomic E-state index is 10.5. The van der Waals surface area contributed by atoms with Crippen molar-refractivity contribution >= 4 is 37.5 Å². The fourth-order valence-electron chi connectivity index (χ4n) is 2.24. The van der Waals surface area contributed by atoms with Gasteiger partial charge in [0.25, 0.3) is 0 Å². The van der Waals surface area contributed by atoms with Crippen molar-refractivity contribution in [3.63, 3.8) is 0 Å². The zero-order valence-corrected chi connectivity index (χ0v) is 13.8. The molecule has 1 unspecified atom stereocenters. The lowest BCUT2D eigenvalue weighted by molar-refractivity contribution is 0.174. The van der Waals surface area contributed by atoms with Gasteiger partial charge in [0.2, 0.25) is 0 Å². The van der Waals surface area contributed by atoms with Crippen molar-refractivity contribution < 1.29 is 9.84 Å². The molecule has 3 rings (SSSR count). The van der Waals surface area contributed by atoms with Gasteiger partial charge in [0, 0.05) is 16.5 Å². The van der Waals surface area contributed by atoms with E-state index in [1.165, 1.54) is 0 Å². The smallest absolute Gasteiger partial charge is 0.125 e. The lowest BCUT2D eigenvalue weighted by Crippen LogP contribution is -2.04. The quantitative estimate of drug-likeness (QED) is 0.749.